The number of furan rings is 1. The number of hydrogen-bond acceptors (Lipinski definition) is 9. The number of hydrogen-bond donors (Lipinski definition) is 1. The van der Waals surface area contributed by atoms with E-state index in [1.165, 1.54) is 41.5 Å². The highest BCUT2D eigenvalue weighted by Gasteiger charge is 2.21. The lowest BCUT2D eigenvalue weighted by Gasteiger charge is -2.10. The molecule has 31 heavy (non-hydrogen) atoms. The van der Waals surface area contributed by atoms with E-state index in [1.807, 2.05) is 6.26 Å². The first kappa shape index (κ1) is 20.7. The van der Waals surface area contributed by atoms with Crippen LogP contribution < -0.4 is 5.32 Å². The zero-order valence-electron chi connectivity index (χ0n) is 16.4. The Bertz CT molecular complexity index is 1270. The number of carbonyl (C=O) groups excluding carboxylic acids is 1. The number of aryl methyl sites for hydroxylation is 1. The van der Waals surface area contributed by atoms with Gasteiger partial charge in [0.2, 0.25) is 0 Å². The van der Waals surface area contributed by atoms with E-state index in [0.29, 0.717) is 44.3 Å². The minimum atomic E-state index is -0.461. The summed E-state index contributed by atoms with van der Waals surface area (Å²) in [5, 5.41) is 16.4. The summed E-state index contributed by atoms with van der Waals surface area (Å²) >= 11 is 2.56. The fourth-order valence-corrected chi connectivity index (χ4v) is 4.21. The van der Waals surface area contributed by atoms with E-state index in [1.54, 1.807) is 36.6 Å². The first-order valence-corrected chi connectivity index (χ1v) is 11.0. The summed E-state index contributed by atoms with van der Waals surface area (Å²) in [5.74, 6) is 0.547. The van der Waals surface area contributed by atoms with Gasteiger partial charge in [0.25, 0.3) is 11.6 Å². The quantitative estimate of drug-likeness (QED) is 0.186. The van der Waals surface area contributed by atoms with Crippen LogP contribution in [0.4, 0.5) is 10.8 Å². The van der Waals surface area contributed by atoms with Crippen molar-refractivity contribution in [2.45, 2.75) is 11.9 Å². The van der Waals surface area contributed by atoms with Gasteiger partial charge in [-0.05, 0) is 25.3 Å². The molecule has 0 aliphatic heterocycles. The number of anilines is 1. The third kappa shape index (κ3) is 4.32. The number of rotatable bonds is 6. The molecule has 3 heterocycles. The van der Waals surface area contributed by atoms with Gasteiger partial charge in [0.05, 0.1) is 28.1 Å². The van der Waals surface area contributed by atoms with Crippen LogP contribution in [0.3, 0.4) is 0 Å². The summed E-state index contributed by atoms with van der Waals surface area (Å²) in [4.78, 5) is 36.7. The van der Waals surface area contributed by atoms with E-state index in [0.717, 1.165) is 0 Å². The lowest BCUT2D eigenvalue weighted by Crippen LogP contribution is -2.16. The largest absolute Gasteiger partial charge is 0.461 e. The number of nitrogens with one attached hydrogen (secondary N) is 1. The van der Waals surface area contributed by atoms with E-state index in [9.17, 15) is 14.9 Å². The fourth-order valence-electron chi connectivity index (χ4n) is 2.87. The molecular formula is C20H15N5O4S2. The number of carbonyl (C=O) groups is 1. The monoisotopic (exact) mass is 453 g/mol. The van der Waals surface area contributed by atoms with Crippen LogP contribution in [-0.4, -0.2) is 32.0 Å². The van der Waals surface area contributed by atoms with Crippen molar-refractivity contribution < 1.29 is 14.1 Å². The predicted molar refractivity (Wildman–Crippen MR) is 118 cm³/mol. The summed E-state index contributed by atoms with van der Waals surface area (Å²) in [7, 11) is 0. The zero-order valence-corrected chi connectivity index (χ0v) is 18.0. The van der Waals surface area contributed by atoms with E-state index in [2.05, 4.69) is 20.3 Å². The van der Waals surface area contributed by atoms with Crippen LogP contribution in [0.25, 0.3) is 22.8 Å². The van der Waals surface area contributed by atoms with Crippen molar-refractivity contribution in [2.24, 2.45) is 0 Å². The SMILES string of the molecule is CSc1nc(-c2ccco2)nc(C)c1C(=O)Nc1nc(-c2cccc([N+](=O)[O-])c2)cs1. The Kier molecular flexibility index (Phi) is 5.78. The average molecular weight is 454 g/mol. The maximum Gasteiger partial charge on any atom is 0.270 e. The maximum atomic E-state index is 13.0. The molecule has 3 aromatic heterocycles. The Morgan fingerprint density at radius 3 is 2.77 bits per heavy atom. The van der Waals surface area contributed by atoms with Gasteiger partial charge in [0, 0.05) is 23.1 Å². The zero-order chi connectivity index (χ0) is 22.0. The Morgan fingerprint density at radius 1 is 1.23 bits per heavy atom. The van der Waals surface area contributed by atoms with Gasteiger partial charge in [0.1, 0.15) is 5.03 Å². The Labute approximate surface area is 184 Å². The van der Waals surface area contributed by atoms with Gasteiger partial charge in [-0.1, -0.05) is 12.1 Å². The normalized spacial score (nSPS) is 10.8. The van der Waals surface area contributed by atoms with Crippen molar-refractivity contribution in [2.75, 3.05) is 11.6 Å². The second kappa shape index (κ2) is 8.66. The molecule has 11 heteroatoms. The molecule has 1 N–H and O–H groups in total. The minimum absolute atomic E-state index is 0.0230. The van der Waals surface area contributed by atoms with Crippen molar-refractivity contribution in [1.29, 1.82) is 0 Å². The van der Waals surface area contributed by atoms with Gasteiger partial charge in [-0.2, -0.15) is 0 Å². The molecule has 0 aliphatic carbocycles. The molecule has 4 rings (SSSR count). The molecule has 0 saturated carbocycles. The molecule has 1 amide bonds. The second-order valence-corrected chi connectivity index (χ2v) is 7.95. The van der Waals surface area contributed by atoms with Crippen LogP contribution in [0.1, 0.15) is 16.1 Å². The van der Waals surface area contributed by atoms with Gasteiger partial charge < -0.3 is 4.42 Å². The Hall–Kier alpha value is -3.57. The standard InChI is InChI=1S/C20H15N5O4S2/c1-11-16(19(30-2)23-17(21-11)15-7-4-8-29-15)18(26)24-20-22-14(10-31-20)12-5-3-6-13(9-12)25(27)28/h3-10H,1-2H3,(H,22,24,26). The number of aromatic nitrogens is 3. The molecule has 4 aromatic rings. The molecule has 0 atom stereocenters. The van der Waals surface area contributed by atoms with Gasteiger partial charge in [-0.15, -0.1) is 23.1 Å². The summed E-state index contributed by atoms with van der Waals surface area (Å²) < 4.78 is 5.35. The molecule has 0 aliphatic rings. The molecular weight excluding hydrogens is 438 g/mol. The van der Waals surface area contributed by atoms with Crippen molar-refractivity contribution >= 4 is 39.8 Å². The van der Waals surface area contributed by atoms with E-state index in [-0.39, 0.29) is 11.6 Å². The molecule has 156 valence electrons. The first-order chi connectivity index (χ1) is 15.0. The number of thioether (sulfide) groups is 1. The number of amides is 1. The molecule has 0 bridgehead atoms. The number of non-ortho nitro benzene ring substituents is 1. The summed E-state index contributed by atoms with van der Waals surface area (Å²) in [6.45, 7) is 1.74. The smallest absolute Gasteiger partial charge is 0.270 e. The van der Waals surface area contributed by atoms with Crippen LogP contribution in [0.15, 0.2) is 57.5 Å². The molecule has 0 saturated heterocycles. The van der Waals surface area contributed by atoms with Crippen LogP contribution in [-0.2, 0) is 0 Å². The Morgan fingerprint density at radius 2 is 2.06 bits per heavy atom. The highest BCUT2D eigenvalue weighted by atomic mass is 32.2. The van der Waals surface area contributed by atoms with Crippen molar-refractivity contribution in [3.63, 3.8) is 0 Å². The minimum Gasteiger partial charge on any atom is -0.461 e. The van der Waals surface area contributed by atoms with Crippen LogP contribution in [0, 0.1) is 17.0 Å². The number of nitro groups is 1. The van der Waals surface area contributed by atoms with E-state index in [4.69, 9.17) is 4.42 Å². The number of thiazole rings is 1. The average Bonchev–Trinajstić information content (AvgIpc) is 3.45. The first-order valence-electron chi connectivity index (χ1n) is 8.94. The molecule has 9 nitrogen and oxygen atoms in total. The third-order valence-corrected chi connectivity index (χ3v) is 5.74. The summed E-state index contributed by atoms with van der Waals surface area (Å²) in [6.07, 6.45) is 3.36. The fraction of sp³-hybridized carbons (Fsp3) is 0.100. The maximum absolute atomic E-state index is 13.0. The molecule has 0 unspecified atom stereocenters. The van der Waals surface area contributed by atoms with Crippen molar-refractivity contribution in [3.8, 4) is 22.8 Å². The highest BCUT2D eigenvalue weighted by Crippen LogP contribution is 2.29. The lowest BCUT2D eigenvalue weighted by atomic mass is 10.1. The number of nitrogens with zero attached hydrogens (tertiary/aromatic N) is 4. The van der Waals surface area contributed by atoms with E-state index < -0.39 is 4.92 Å². The Balaban J connectivity index is 1.59. The highest BCUT2D eigenvalue weighted by molar-refractivity contribution is 7.98. The van der Waals surface area contributed by atoms with E-state index >= 15 is 0 Å². The second-order valence-electron chi connectivity index (χ2n) is 6.29. The third-order valence-electron chi connectivity index (χ3n) is 4.30. The van der Waals surface area contributed by atoms with Gasteiger partial charge in [-0.25, -0.2) is 15.0 Å². The predicted octanol–water partition coefficient (Wildman–Crippen LogP) is 5.05. The molecule has 0 radical (unpaired) electrons. The van der Waals surface area contributed by atoms with Crippen LogP contribution in [0.2, 0.25) is 0 Å². The number of nitro benzene ring substituents is 1. The van der Waals surface area contributed by atoms with Crippen molar-refractivity contribution in [1.82, 2.24) is 15.0 Å². The molecule has 0 spiro atoms. The van der Waals surface area contributed by atoms with Crippen molar-refractivity contribution in [3.05, 3.63) is 69.4 Å². The summed E-state index contributed by atoms with van der Waals surface area (Å²) in [5.41, 5.74) is 1.98. The molecule has 1 aromatic carbocycles. The summed E-state index contributed by atoms with van der Waals surface area (Å²) in [6, 6.07) is 9.68. The number of benzene rings is 1. The molecule has 0 fully saturated rings. The topological polar surface area (TPSA) is 124 Å². The lowest BCUT2D eigenvalue weighted by molar-refractivity contribution is -0.384. The van der Waals surface area contributed by atoms with Gasteiger partial charge in [-0.3, -0.25) is 20.2 Å². The van der Waals surface area contributed by atoms with Gasteiger partial charge in [0.15, 0.2) is 16.7 Å². The van der Waals surface area contributed by atoms with Crippen LogP contribution in [0.5, 0.6) is 0 Å². The van der Waals surface area contributed by atoms with Crippen LogP contribution >= 0.6 is 23.1 Å². The van der Waals surface area contributed by atoms with Gasteiger partial charge >= 0.3 is 0 Å².